The maximum Gasteiger partial charge on any atom is 0.243 e. The Morgan fingerprint density at radius 1 is 0.970 bits per heavy atom. The molecule has 1 saturated heterocycles. The largest absolute Gasteiger partial charge is 0.494 e. The predicted octanol–water partition coefficient (Wildman–Crippen LogP) is 3.26. The lowest BCUT2D eigenvalue weighted by atomic mass is 10.1. The van der Waals surface area contributed by atoms with E-state index in [-0.39, 0.29) is 10.7 Å². The van der Waals surface area contributed by atoms with Crippen LogP contribution in [0, 0.1) is 0 Å². The fraction of sp³-hybridized carbons (Fsp3) is 0.292. The minimum atomic E-state index is -3.62. The number of carbonyl (C=O) groups is 1. The number of ether oxygens (including phenoxy) is 1. The van der Waals surface area contributed by atoms with Crippen molar-refractivity contribution in [2.24, 2.45) is 0 Å². The Balaban J connectivity index is 1.44. The van der Waals surface area contributed by atoms with Gasteiger partial charge in [0.15, 0.2) is 5.78 Å². The zero-order chi connectivity index (χ0) is 23.4. The molecule has 0 atom stereocenters. The zero-order valence-corrected chi connectivity index (χ0v) is 19.5. The highest BCUT2D eigenvalue weighted by Crippen LogP contribution is 2.25. The first-order chi connectivity index (χ1) is 15.9. The van der Waals surface area contributed by atoms with Crippen LogP contribution < -0.4 is 9.64 Å². The van der Waals surface area contributed by atoms with Gasteiger partial charge in [-0.15, -0.1) is 0 Å². The van der Waals surface area contributed by atoms with E-state index in [2.05, 4.69) is 14.9 Å². The zero-order valence-electron chi connectivity index (χ0n) is 18.6. The number of ketones is 1. The van der Waals surface area contributed by atoms with Crippen LogP contribution in [0.15, 0.2) is 65.8 Å². The van der Waals surface area contributed by atoms with Crippen molar-refractivity contribution in [1.82, 2.24) is 14.3 Å². The molecule has 1 aromatic heterocycles. The molecular formula is C24H26N4O4S. The highest BCUT2D eigenvalue weighted by Gasteiger charge is 2.29. The maximum absolute atomic E-state index is 13.0. The normalized spacial score (nSPS) is 14.8. The van der Waals surface area contributed by atoms with Gasteiger partial charge in [-0.3, -0.25) is 4.79 Å². The number of aromatic nitrogens is 2. The molecule has 2 heterocycles. The summed E-state index contributed by atoms with van der Waals surface area (Å²) in [4.78, 5) is 22.5. The molecule has 8 nitrogen and oxygen atoms in total. The standard InChI is InChI=1S/C24H26N4O4S/c1-3-32-21-8-4-20(5-9-21)23-16-24(26-17-25-23)27-12-14-28(15-13-27)33(30,31)22-10-6-19(7-11-22)18(2)29/h4-11,16-17H,3,12-15H2,1-2H3. The van der Waals surface area contributed by atoms with Gasteiger partial charge in [0.1, 0.15) is 17.9 Å². The number of hydrogen-bond acceptors (Lipinski definition) is 7. The van der Waals surface area contributed by atoms with E-state index in [0.29, 0.717) is 38.3 Å². The molecule has 9 heteroatoms. The van der Waals surface area contributed by atoms with Crippen LogP contribution in [0.4, 0.5) is 5.82 Å². The van der Waals surface area contributed by atoms with Gasteiger partial charge in [-0.2, -0.15) is 4.31 Å². The summed E-state index contributed by atoms with van der Waals surface area (Å²) >= 11 is 0. The highest BCUT2D eigenvalue weighted by molar-refractivity contribution is 7.89. The average molecular weight is 467 g/mol. The molecule has 0 aliphatic carbocycles. The quantitative estimate of drug-likeness (QED) is 0.494. The van der Waals surface area contributed by atoms with Gasteiger partial charge in [0.05, 0.1) is 17.2 Å². The Hall–Kier alpha value is -3.30. The highest BCUT2D eigenvalue weighted by atomic mass is 32.2. The van der Waals surface area contributed by atoms with Gasteiger partial charge in [0, 0.05) is 43.4 Å². The molecule has 33 heavy (non-hydrogen) atoms. The van der Waals surface area contributed by atoms with Crippen LogP contribution in [0.1, 0.15) is 24.2 Å². The second-order valence-corrected chi connectivity index (χ2v) is 9.63. The van der Waals surface area contributed by atoms with Crippen molar-refractivity contribution in [2.45, 2.75) is 18.7 Å². The minimum Gasteiger partial charge on any atom is -0.494 e. The molecule has 1 fully saturated rings. The van der Waals surface area contributed by atoms with Crippen LogP contribution in [0.25, 0.3) is 11.3 Å². The number of carbonyl (C=O) groups excluding carboxylic acids is 1. The van der Waals surface area contributed by atoms with Gasteiger partial charge >= 0.3 is 0 Å². The summed E-state index contributed by atoms with van der Waals surface area (Å²) in [7, 11) is -3.62. The summed E-state index contributed by atoms with van der Waals surface area (Å²) in [5.74, 6) is 1.47. The van der Waals surface area contributed by atoms with E-state index in [1.165, 1.54) is 29.7 Å². The van der Waals surface area contributed by atoms with Crippen LogP contribution in [-0.2, 0) is 10.0 Å². The second kappa shape index (κ2) is 9.68. The van der Waals surface area contributed by atoms with Crippen molar-refractivity contribution in [1.29, 1.82) is 0 Å². The number of Topliss-reactive ketones (excluding diaryl/α,β-unsaturated/α-hetero) is 1. The summed E-state index contributed by atoms with van der Waals surface area (Å²) in [6.07, 6.45) is 1.53. The molecule has 2 aromatic carbocycles. The second-order valence-electron chi connectivity index (χ2n) is 7.69. The van der Waals surface area contributed by atoms with Gasteiger partial charge in [0.25, 0.3) is 0 Å². The Morgan fingerprint density at radius 2 is 1.64 bits per heavy atom. The lowest BCUT2D eigenvalue weighted by Crippen LogP contribution is -2.48. The third kappa shape index (κ3) is 5.04. The van der Waals surface area contributed by atoms with Crippen LogP contribution >= 0.6 is 0 Å². The maximum atomic E-state index is 13.0. The third-order valence-corrected chi connectivity index (χ3v) is 7.49. The number of hydrogen-bond donors (Lipinski definition) is 0. The van der Waals surface area contributed by atoms with Crippen LogP contribution in [0.2, 0.25) is 0 Å². The van der Waals surface area contributed by atoms with Crippen molar-refractivity contribution in [3.8, 4) is 17.0 Å². The molecule has 1 aliphatic rings. The van der Waals surface area contributed by atoms with E-state index in [1.54, 1.807) is 12.1 Å². The van der Waals surface area contributed by atoms with Gasteiger partial charge in [0.2, 0.25) is 10.0 Å². The van der Waals surface area contributed by atoms with Crippen molar-refractivity contribution >= 4 is 21.6 Å². The molecule has 0 spiro atoms. The molecule has 0 amide bonds. The Labute approximate surface area is 193 Å². The minimum absolute atomic E-state index is 0.0954. The van der Waals surface area contributed by atoms with E-state index in [0.717, 1.165) is 22.8 Å². The number of benzene rings is 2. The predicted molar refractivity (Wildman–Crippen MR) is 126 cm³/mol. The molecule has 0 saturated carbocycles. The smallest absolute Gasteiger partial charge is 0.243 e. The van der Waals surface area contributed by atoms with Gasteiger partial charge < -0.3 is 9.64 Å². The average Bonchev–Trinajstić information content (AvgIpc) is 2.85. The van der Waals surface area contributed by atoms with Gasteiger partial charge in [-0.1, -0.05) is 12.1 Å². The third-order valence-electron chi connectivity index (χ3n) is 5.57. The molecule has 0 bridgehead atoms. The van der Waals surface area contributed by atoms with E-state index < -0.39 is 10.0 Å². The number of sulfonamides is 1. The van der Waals surface area contributed by atoms with Gasteiger partial charge in [-0.25, -0.2) is 18.4 Å². The van der Waals surface area contributed by atoms with Crippen molar-refractivity contribution in [2.75, 3.05) is 37.7 Å². The molecule has 0 N–H and O–H groups in total. The molecule has 0 unspecified atom stereocenters. The van der Waals surface area contributed by atoms with Gasteiger partial charge in [-0.05, 0) is 50.2 Å². The summed E-state index contributed by atoms with van der Waals surface area (Å²) < 4.78 is 33.0. The first-order valence-electron chi connectivity index (χ1n) is 10.8. The number of nitrogens with zero attached hydrogens (tertiary/aromatic N) is 4. The van der Waals surface area contributed by atoms with Crippen molar-refractivity contribution < 1.29 is 17.9 Å². The lowest BCUT2D eigenvalue weighted by molar-refractivity contribution is 0.101. The Bertz CT molecular complexity index is 1220. The molecule has 0 radical (unpaired) electrons. The van der Waals surface area contributed by atoms with E-state index in [1.807, 2.05) is 37.3 Å². The SMILES string of the molecule is CCOc1ccc(-c2cc(N3CCN(S(=O)(=O)c4ccc(C(C)=O)cc4)CC3)ncn2)cc1. The number of anilines is 1. The van der Waals surface area contributed by atoms with E-state index >= 15 is 0 Å². The van der Waals surface area contributed by atoms with Crippen molar-refractivity contribution in [3.63, 3.8) is 0 Å². The van der Waals surface area contributed by atoms with Crippen molar-refractivity contribution in [3.05, 3.63) is 66.5 Å². The molecular weight excluding hydrogens is 440 g/mol. The molecule has 4 rings (SSSR count). The first kappa shape index (κ1) is 22.9. The Morgan fingerprint density at radius 3 is 2.24 bits per heavy atom. The molecule has 1 aliphatic heterocycles. The summed E-state index contributed by atoms with van der Waals surface area (Å²) in [6.45, 7) is 5.74. The summed E-state index contributed by atoms with van der Waals surface area (Å²) in [5, 5.41) is 0. The number of piperazine rings is 1. The van der Waals surface area contributed by atoms with E-state index in [4.69, 9.17) is 4.74 Å². The molecule has 172 valence electrons. The van der Waals surface area contributed by atoms with Crippen LogP contribution in [0.5, 0.6) is 5.75 Å². The summed E-state index contributed by atoms with van der Waals surface area (Å²) in [6, 6.07) is 15.7. The fourth-order valence-corrected chi connectivity index (χ4v) is 5.16. The van der Waals surface area contributed by atoms with Crippen LogP contribution in [-0.4, -0.2) is 61.3 Å². The topological polar surface area (TPSA) is 92.7 Å². The number of rotatable bonds is 7. The molecule has 3 aromatic rings. The fourth-order valence-electron chi connectivity index (χ4n) is 3.73. The summed E-state index contributed by atoms with van der Waals surface area (Å²) in [5.41, 5.74) is 2.24. The first-order valence-corrected chi connectivity index (χ1v) is 12.2. The lowest BCUT2D eigenvalue weighted by Gasteiger charge is -2.34. The van der Waals surface area contributed by atoms with E-state index in [9.17, 15) is 13.2 Å². The van der Waals surface area contributed by atoms with Crippen LogP contribution in [0.3, 0.4) is 0 Å². The Kier molecular flexibility index (Phi) is 6.71. The monoisotopic (exact) mass is 466 g/mol.